The minimum atomic E-state index is -1.81. The average Bonchev–Trinajstić information content (AvgIpc) is 2.77. The molecule has 0 radical (unpaired) electrons. The smallest absolute Gasteiger partial charge is 0.334 e. The zero-order chi connectivity index (χ0) is 25.3. The number of phenols is 5. The van der Waals surface area contributed by atoms with E-state index in [4.69, 9.17) is 14.6 Å². The fourth-order valence-corrected chi connectivity index (χ4v) is 3.35. The van der Waals surface area contributed by atoms with Crippen LogP contribution < -0.4 is 4.74 Å². The third-order valence-electron chi connectivity index (χ3n) is 5.13. The Balaban J connectivity index is 1.99. The van der Waals surface area contributed by atoms with Gasteiger partial charge in [0.05, 0.1) is 12.7 Å². The first-order valence-corrected chi connectivity index (χ1v) is 9.82. The van der Waals surface area contributed by atoms with Gasteiger partial charge >= 0.3 is 5.97 Å². The van der Waals surface area contributed by atoms with E-state index in [0.29, 0.717) is 0 Å². The Morgan fingerprint density at radius 1 is 1.00 bits per heavy atom. The lowest BCUT2D eigenvalue weighted by molar-refractivity contribution is -0.147. The molecule has 2 aromatic rings. The standard InChI is InChI=1S/C22H22O12/c1-8(2-11(25)15(29)7-23)22(32)34-21-19(31)17-12(26)5-10(24)6-16(17)33-20(21)9-3-13(27)18(30)14(28)4-9/h3-6,11,15,20-21,23-30H,1-2,7H2. The molecule has 0 fully saturated rings. The number of aliphatic hydroxyl groups excluding tert-OH is 3. The van der Waals surface area contributed by atoms with Crippen LogP contribution in [0.1, 0.15) is 28.4 Å². The first-order chi connectivity index (χ1) is 15.9. The quantitative estimate of drug-likeness (QED) is 0.151. The van der Waals surface area contributed by atoms with Crippen molar-refractivity contribution in [2.45, 2.75) is 30.8 Å². The molecule has 3 rings (SSSR count). The molecule has 1 aliphatic heterocycles. The van der Waals surface area contributed by atoms with Gasteiger partial charge in [0.15, 0.2) is 23.4 Å². The Kier molecular flexibility index (Phi) is 6.86. The van der Waals surface area contributed by atoms with Gasteiger partial charge in [0.25, 0.3) is 0 Å². The van der Waals surface area contributed by atoms with E-state index >= 15 is 0 Å². The number of hydrogen-bond acceptors (Lipinski definition) is 12. The zero-order valence-corrected chi connectivity index (χ0v) is 17.5. The number of aliphatic hydroxyl groups is 3. The van der Waals surface area contributed by atoms with E-state index in [0.717, 1.165) is 24.3 Å². The highest BCUT2D eigenvalue weighted by molar-refractivity contribution is 6.07. The molecule has 0 amide bonds. The summed E-state index contributed by atoms with van der Waals surface area (Å²) in [4.78, 5) is 25.8. The van der Waals surface area contributed by atoms with E-state index in [1.54, 1.807) is 0 Å². The Hall–Kier alpha value is -4.00. The first-order valence-electron chi connectivity index (χ1n) is 9.82. The van der Waals surface area contributed by atoms with Crippen molar-refractivity contribution in [3.05, 3.63) is 47.5 Å². The van der Waals surface area contributed by atoms with Crippen LogP contribution in [0.15, 0.2) is 36.4 Å². The number of rotatable bonds is 7. The minimum Gasteiger partial charge on any atom is -0.508 e. The molecule has 0 aliphatic carbocycles. The number of carbonyl (C=O) groups is 2. The van der Waals surface area contributed by atoms with Gasteiger partial charge in [-0.3, -0.25) is 4.79 Å². The summed E-state index contributed by atoms with van der Waals surface area (Å²) >= 11 is 0. The average molecular weight is 478 g/mol. The predicted molar refractivity (Wildman–Crippen MR) is 112 cm³/mol. The molecule has 1 aliphatic rings. The normalized spacial score (nSPS) is 19.0. The van der Waals surface area contributed by atoms with E-state index in [-0.39, 0.29) is 16.9 Å². The molecule has 1 heterocycles. The van der Waals surface area contributed by atoms with Crippen LogP contribution in [0.5, 0.6) is 34.5 Å². The molecule has 0 bridgehead atoms. The minimum absolute atomic E-state index is 0.117. The molecule has 8 N–H and O–H groups in total. The molecule has 2 aromatic carbocycles. The van der Waals surface area contributed by atoms with Crippen LogP contribution >= 0.6 is 0 Å². The van der Waals surface area contributed by atoms with Crippen LogP contribution in [-0.4, -0.2) is 77.5 Å². The highest BCUT2D eigenvalue weighted by Gasteiger charge is 2.44. The van der Waals surface area contributed by atoms with Crippen LogP contribution in [0.4, 0.5) is 0 Å². The number of hydrogen-bond donors (Lipinski definition) is 8. The maximum atomic E-state index is 13.2. The Bertz CT molecular complexity index is 1120. The fraction of sp³-hybridized carbons (Fsp3) is 0.273. The van der Waals surface area contributed by atoms with Crippen molar-refractivity contribution in [1.82, 2.24) is 0 Å². The van der Waals surface area contributed by atoms with Gasteiger partial charge in [-0.2, -0.15) is 0 Å². The summed E-state index contributed by atoms with van der Waals surface area (Å²) < 4.78 is 10.9. The lowest BCUT2D eigenvalue weighted by atomic mass is 9.92. The number of Topliss-reactive ketones (excluding diaryl/α,β-unsaturated/α-hetero) is 1. The molecule has 4 unspecified atom stereocenters. The highest BCUT2D eigenvalue weighted by atomic mass is 16.6. The van der Waals surface area contributed by atoms with Crippen molar-refractivity contribution < 1.29 is 59.9 Å². The number of fused-ring (bicyclic) bond motifs is 1. The molecular weight excluding hydrogens is 456 g/mol. The molecule has 34 heavy (non-hydrogen) atoms. The number of benzene rings is 2. The van der Waals surface area contributed by atoms with Crippen LogP contribution in [-0.2, 0) is 9.53 Å². The maximum absolute atomic E-state index is 13.2. The Labute approximate surface area is 191 Å². The van der Waals surface area contributed by atoms with Crippen molar-refractivity contribution in [2.75, 3.05) is 6.61 Å². The van der Waals surface area contributed by atoms with Crippen molar-refractivity contribution in [3.63, 3.8) is 0 Å². The lowest BCUT2D eigenvalue weighted by Gasteiger charge is -2.33. The number of ketones is 1. The molecule has 0 saturated heterocycles. The number of phenolic OH excluding ortho intramolecular Hbond substituents is 5. The molecule has 0 saturated carbocycles. The molecule has 4 atom stereocenters. The van der Waals surface area contributed by atoms with Crippen LogP contribution in [0, 0.1) is 0 Å². The topological polar surface area (TPSA) is 214 Å². The van der Waals surface area contributed by atoms with E-state index in [1.807, 2.05) is 0 Å². The Morgan fingerprint density at radius 3 is 2.21 bits per heavy atom. The Morgan fingerprint density at radius 2 is 1.62 bits per heavy atom. The van der Waals surface area contributed by atoms with Crippen LogP contribution in [0.2, 0.25) is 0 Å². The van der Waals surface area contributed by atoms with Crippen molar-refractivity contribution in [3.8, 4) is 34.5 Å². The van der Waals surface area contributed by atoms with Gasteiger partial charge in [-0.1, -0.05) is 6.58 Å². The van der Waals surface area contributed by atoms with E-state index < -0.39 is 83.5 Å². The SMILES string of the molecule is C=C(CC(O)C(O)CO)C(=O)OC1C(=O)c2c(O)cc(O)cc2OC1c1cc(O)c(O)c(O)c1. The summed E-state index contributed by atoms with van der Waals surface area (Å²) in [6.07, 6.45) is -6.96. The van der Waals surface area contributed by atoms with Crippen molar-refractivity contribution in [2.24, 2.45) is 0 Å². The second-order valence-electron chi connectivity index (χ2n) is 7.60. The summed E-state index contributed by atoms with van der Waals surface area (Å²) in [5.41, 5.74) is -0.905. The van der Waals surface area contributed by atoms with Gasteiger partial charge in [-0.05, 0) is 12.1 Å². The predicted octanol–water partition coefficient (Wildman–Crippen LogP) is 0.103. The molecular formula is C22H22O12. The molecule has 12 nitrogen and oxygen atoms in total. The van der Waals surface area contributed by atoms with Gasteiger partial charge in [0, 0.05) is 29.7 Å². The number of esters is 1. The van der Waals surface area contributed by atoms with E-state index in [2.05, 4.69) is 6.58 Å². The van der Waals surface area contributed by atoms with E-state index in [9.17, 15) is 45.3 Å². The van der Waals surface area contributed by atoms with Gasteiger partial charge < -0.3 is 50.3 Å². The first kappa shape index (κ1) is 24.6. The van der Waals surface area contributed by atoms with Gasteiger partial charge in [0.2, 0.25) is 11.9 Å². The summed E-state index contributed by atoms with van der Waals surface area (Å²) in [6, 6.07) is 3.77. The fourth-order valence-electron chi connectivity index (χ4n) is 3.35. The van der Waals surface area contributed by atoms with E-state index in [1.165, 1.54) is 0 Å². The summed E-state index contributed by atoms with van der Waals surface area (Å²) in [5.74, 6) is -5.95. The molecule has 12 heteroatoms. The molecule has 0 spiro atoms. The van der Waals surface area contributed by atoms with Crippen LogP contribution in [0.25, 0.3) is 0 Å². The van der Waals surface area contributed by atoms with Crippen LogP contribution in [0.3, 0.4) is 0 Å². The summed E-state index contributed by atoms with van der Waals surface area (Å²) in [5, 5.41) is 77.4. The largest absolute Gasteiger partial charge is 0.508 e. The van der Waals surface area contributed by atoms with Gasteiger partial charge in [-0.25, -0.2) is 4.79 Å². The molecule has 0 aromatic heterocycles. The zero-order valence-electron chi connectivity index (χ0n) is 17.5. The lowest BCUT2D eigenvalue weighted by Crippen LogP contribution is -2.40. The highest BCUT2D eigenvalue weighted by Crippen LogP contribution is 2.45. The summed E-state index contributed by atoms with van der Waals surface area (Å²) in [6.45, 7) is 2.66. The number of aromatic hydroxyl groups is 5. The van der Waals surface area contributed by atoms with Gasteiger partial charge in [-0.15, -0.1) is 0 Å². The monoisotopic (exact) mass is 478 g/mol. The number of ether oxygens (including phenoxy) is 2. The third-order valence-corrected chi connectivity index (χ3v) is 5.13. The van der Waals surface area contributed by atoms with Gasteiger partial charge in [0.1, 0.15) is 28.9 Å². The molecule has 182 valence electrons. The second-order valence-corrected chi connectivity index (χ2v) is 7.60. The number of carbonyl (C=O) groups excluding carboxylic acids is 2. The van der Waals surface area contributed by atoms with Crippen molar-refractivity contribution in [1.29, 1.82) is 0 Å². The maximum Gasteiger partial charge on any atom is 0.334 e. The summed E-state index contributed by atoms with van der Waals surface area (Å²) in [7, 11) is 0. The van der Waals surface area contributed by atoms with Crippen molar-refractivity contribution >= 4 is 11.8 Å². The second kappa shape index (κ2) is 9.47. The third kappa shape index (κ3) is 4.69.